The monoisotopic (exact) mass is 367 g/mol. The van der Waals surface area contributed by atoms with Crippen LogP contribution in [0.25, 0.3) is 0 Å². The summed E-state index contributed by atoms with van der Waals surface area (Å²) in [5.74, 6) is 0.0850. The molecule has 1 aliphatic heterocycles. The third-order valence-electron chi connectivity index (χ3n) is 4.63. The number of fused-ring (bicyclic) bond motifs is 1. The Kier molecular flexibility index (Phi) is 5.07. The van der Waals surface area contributed by atoms with Crippen LogP contribution in [0.3, 0.4) is 0 Å². The zero-order valence-corrected chi connectivity index (χ0v) is 16.2. The number of ether oxygens (including phenoxy) is 1. The number of carbonyl (C=O) groups is 2. The van der Waals surface area contributed by atoms with Gasteiger partial charge >= 0.3 is 0 Å². The molecule has 27 heavy (non-hydrogen) atoms. The standard InChI is InChI=1S/C22H25NO4/c1-14(2)27-18-8-6-17(7-9-18)13-23-20-10-5-15(3)11-19(20)22(26,21(23)25)12-16(4)24/h5-11,14,26H,12-13H2,1-4H3. The second-order valence-electron chi connectivity index (χ2n) is 7.46. The molecular weight excluding hydrogens is 342 g/mol. The maximum absolute atomic E-state index is 13.0. The van der Waals surface area contributed by atoms with Crippen LogP contribution < -0.4 is 9.64 Å². The topological polar surface area (TPSA) is 66.8 Å². The molecule has 3 rings (SSSR count). The number of ketones is 1. The average Bonchev–Trinajstić information content (AvgIpc) is 2.77. The van der Waals surface area contributed by atoms with E-state index in [4.69, 9.17) is 4.74 Å². The molecule has 5 heteroatoms. The van der Waals surface area contributed by atoms with Gasteiger partial charge < -0.3 is 14.7 Å². The Balaban J connectivity index is 1.92. The molecule has 0 saturated heterocycles. The summed E-state index contributed by atoms with van der Waals surface area (Å²) in [6, 6.07) is 13.1. The van der Waals surface area contributed by atoms with Gasteiger partial charge in [0.2, 0.25) is 0 Å². The van der Waals surface area contributed by atoms with E-state index < -0.39 is 11.5 Å². The van der Waals surface area contributed by atoms with E-state index in [9.17, 15) is 14.7 Å². The zero-order valence-electron chi connectivity index (χ0n) is 16.2. The minimum Gasteiger partial charge on any atom is -0.491 e. The summed E-state index contributed by atoms with van der Waals surface area (Å²) in [7, 11) is 0. The highest BCUT2D eigenvalue weighted by molar-refractivity contribution is 6.08. The first-order chi connectivity index (χ1) is 12.7. The molecule has 142 valence electrons. The van der Waals surface area contributed by atoms with Crippen molar-refractivity contribution in [2.45, 2.75) is 52.4 Å². The van der Waals surface area contributed by atoms with Crippen molar-refractivity contribution in [3.8, 4) is 5.75 Å². The number of carbonyl (C=O) groups excluding carboxylic acids is 2. The van der Waals surface area contributed by atoms with Crippen LogP contribution in [0.1, 0.15) is 43.9 Å². The summed E-state index contributed by atoms with van der Waals surface area (Å²) >= 11 is 0. The van der Waals surface area contributed by atoms with Gasteiger partial charge in [0.1, 0.15) is 11.5 Å². The SMILES string of the molecule is CC(=O)CC1(O)C(=O)N(Cc2ccc(OC(C)C)cc2)c2ccc(C)cc21. The Labute approximate surface area is 159 Å². The fourth-order valence-electron chi connectivity index (χ4n) is 3.48. The highest BCUT2D eigenvalue weighted by Crippen LogP contribution is 2.43. The van der Waals surface area contributed by atoms with E-state index in [0.717, 1.165) is 16.9 Å². The number of Topliss-reactive ketones (excluding diaryl/α,β-unsaturated/α-hetero) is 1. The molecule has 5 nitrogen and oxygen atoms in total. The van der Waals surface area contributed by atoms with Crippen molar-refractivity contribution in [2.24, 2.45) is 0 Å². The van der Waals surface area contributed by atoms with Gasteiger partial charge in [0.25, 0.3) is 5.91 Å². The number of hydrogen-bond donors (Lipinski definition) is 1. The molecule has 1 aliphatic rings. The highest BCUT2D eigenvalue weighted by atomic mass is 16.5. The Morgan fingerprint density at radius 3 is 2.44 bits per heavy atom. The third kappa shape index (κ3) is 3.74. The Morgan fingerprint density at radius 1 is 1.19 bits per heavy atom. The summed E-state index contributed by atoms with van der Waals surface area (Å²) in [6.07, 6.45) is -0.132. The van der Waals surface area contributed by atoms with Crippen LogP contribution in [0.15, 0.2) is 42.5 Å². The lowest BCUT2D eigenvalue weighted by Gasteiger charge is -2.22. The number of anilines is 1. The number of aliphatic hydroxyl groups is 1. The molecule has 0 aliphatic carbocycles. The van der Waals surface area contributed by atoms with Gasteiger partial charge in [-0.15, -0.1) is 0 Å². The second-order valence-corrected chi connectivity index (χ2v) is 7.46. The van der Waals surface area contributed by atoms with Crippen LogP contribution in [-0.4, -0.2) is 22.9 Å². The van der Waals surface area contributed by atoms with E-state index in [0.29, 0.717) is 17.8 Å². The van der Waals surface area contributed by atoms with Crippen molar-refractivity contribution >= 4 is 17.4 Å². The number of amides is 1. The summed E-state index contributed by atoms with van der Waals surface area (Å²) in [4.78, 5) is 26.3. The van der Waals surface area contributed by atoms with Gasteiger partial charge in [-0.25, -0.2) is 0 Å². The fourth-order valence-corrected chi connectivity index (χ4v) is 3.48. The lowest BCUT2D eigenvalue weighted by molar-refractivity contribution is -0.141. The fraction of sp³-hybridized carbons (Fsp3) is 0.364. The van der Waals surface area contributed by atoms with Crippen LogP contribution in [0, 0.1) is 6.92 Å². The zero-order chi connectivity index (χ0) is 19.8. The first-order valence-electron chi connectivity index (χ1n) is 9.11. The van der Waals surface area contributed by atoms with E-state index in [1.165, 1.54) is 6.92 Å². The van der Waals surface area contributed by atoms with Crippen LogP contribution in [-0.2, 0) is 21.7 Å². The molecular formula is C22H25NO4. The molecule has 0 saturated carbocycles. The summed E-state index contributed by atoms with van der Waals surface area (Å²) < 4.78 is 5.65. The summed E-state index contributed by atoms with van der Waals surface area (Å²) in [5, 5.41) is 11.1. The Hall–Kier alpha value is -2.66. The first-order valence-corrected chi connectivity index (χ1v) is 9.11. The molecule has 0 spiro atoms. The van der Waals surface area contributed by atoms with Crippen molar-refractivity contribution in [1.29, 1.82) is 0 Å². The van der Waals surface area contributed by atoms with Crippen LogP contribution in [0.2, 0.25) is 0 Å². The number of hydrogen-bond acceptors (Lipinski definition) is 4. The van der Waals surface area contributed by atoms with Crippen LogP contribution >= 0.6 is 0 Å². The normalized spacial score (nSPS) is 18.7. The Morgan fingerprint density at radius 2 is 1.85 bits per heavy atom. The van der Waals surface area contributed by atoms with Crippen molar-refractivity contribution in [2.75, 3.05) is 4.90 Å². The van der Waals surface area contributed by atoms with Gasteiger partial charge in [-0.2, -0.15) is 0 Å². The quantitative estimate of drug-likeness (QED) is 0.849. The predicted molar refractivity (Wildman–Crippen MR) is 104 cm³/mol. The van der Waals surface area contributed by atoms with Crippen molar-refractivity contribution in [3.63, 3.8) is 0 Å². The predicted octanol–water partition coefficient (Wildman–Crippen LogP) is 3.50. The Bertz CT molecular complexity index is 872. The largest absolute Gasteiger partial charge is 0.491 e. The molecule has 1 atom stereocenters. The third-order valence-corrected chi connectivity index (χ3v) is 4.63. The minimum absolute atomic E-state index is 0.0905. The molecule has 0 radical (unpaired) electrons. The number of nitrogens with zero attached hydrogens (tertiary/aromatic N) is 1. The van der Waals surface area contributed by atoms with Crippen molar-refractivity contribution < 1.29 is 19.4 Å². The minimum atomic E-state index is -1.80. The van der Waals surface area contributed by atoms with Crippen LogP contribution in [0.4, 0.5) is 5.69 Å². The first kappa shape index (κ1) is 19.1. The van der Waals surface area contributed by atoms with Crippen LogP contribution in [0.5, 0.6) is 5.75 Å². The summed E-state index contributed by atoms with van der Waals surface area (Å²) in [6.45, 7) is 7.53. The molecule has 1 heterocycles. The molecule has 2 aromatic rings. The number of aryl methyl sites for hydroxylation is 1. The molecule has 0 aromatic heterocycles. The smallest absolute Gasteiger partial charge is 0.264 e. The molecule has 1 amide bonds. The second kappa shape index (κ2) is 7.16. The molecule has 0 bridgehead atoms. The molecule has 0 fully saturated rings. The molecule has 2 aromatic carbocycles. The van der Waals surface area contributed by atoms with E-state index >= 15 is 0 Å². The van der Waals surface area contributed by atoms with Crippen molar-refractivity contribution in [3.05, 3.63) is 59.2 Å². The van der Waals surface area contributed by atoms with E-state index in [-0.39, 0.29) is 18.3 Å². The van der Waals surface area contributed by atoms with E-state index in [2.05, 4.69) is 0 Å². The van der Waals surface area contributed by atoms with Gasteiger partial charge in [-0.3, -0.25) is 9.59 Å². The van der Waals surface area contributed by atoms with E-state index in [1.54, 1.807) is 11.0 Å². The lowest BCUT2D eigenvalue weighted by atomic mass is 9.89. The maximum atomic E-state index is 13.0. The summed E-state index contributed by atoms with van der Waals surface area (Å²) in [5.41, 5.74) is 1.20. The number of rotatable bonds is 6. The van der Waals surface area contributed by atoms with Gasteiger partial charge in [0, 0.05) is 12.0 Å². The highest BCUT2D eigenvalue weighted by Gasteiger charge is 2.50. The average molecular weight is 367 g/mol. The molecule has 1 unspecified atom stereocenters. The lowest BCUT2D eigenvalue weighted by Crippen LogP contribution is -2.41. The van der Waals surface area contributed by atoms with Gasteiger partial charge in [-0.05, 0) is 51.5 Å². The van der Waals surface area contributed by atoms with Crippen molar-refractivity contribution in [1.82, 2.24) is 0 Å². The van der Waals surface area contributed by atoms with Gasteiger partial charge in [0.05, 0.1) is 18.3 Å². The van der Waals surface area contributed by atoms with Gasteiger partial charge in [0.15, 0.2) is 5.60 Å². The maximum Gasteiger partial charge on any atom is 0.264 e. The van der Waals surface area contributed by atoms with Gasteiger partial charge in [-0.1, -0.05) is 29.8 Å². The molecule has 1 N–H and O–H groups in total. The van der Waals surface area contributed by atoms with E-state index in [1.807, 2.05) is 57.2 Å². The number of benzene rings is 2.